The monoisotopic (exact) mass is 253 g/mol. The fourth-order valence-electron chi connectivity index (χ4n) is 1.53. The predicted octanol–water partition coefficient (Wildman–Crippen LogP) is 1.22. The van der Waals surface area contributed by atoms with E-state index in [1.54, 1.807) is 24.3 Å². The van der Waals surface area contributed by atoms with E-state index < -0.39 is 18.0 Å². The summed E-state index contributed by atoms with van der Waals surface area (Å²) in [4.78, 5) is 22.1. The molecule has 98 valence electrons. The van der Waals surface area contributed by atoms with Crippen molar-refractivity contribution in [2.24, 2.45) is 0 Å². The molecular formula is C12H15NO5. The highest BCUT2D eigenvalue weighted by molar-refractivity contribution is 5.79. The number of hydrogen-bond acceptors (Lipinski definition) is 4. The van der Waals surface area contributed by atoms with Gasteiger partial charge in [-0.25, -0.2) is 4.79 Å². The molecule has 1 rings (SSSR count). The Kier molecular flexibility index (Phi) is 4.98. The summed E-state index contributed by atoms with van der Waals surface area (Å²) in [5, 5.41) is 10.7. The second-order valence-electron chi connectivity index (χ2n) is 3.54. The molecule has 0 saturated carbocycles. The van der Waals surface area contributed by atoms with Crippen molar-refractivity contribution in [2.75, 3.05) is 20.8 Å². The number of carbonyl (C=O) groups excluding carboxylic acids is 1. The van der Waals surface area contributed by atoms with Crippen LogP contribution in [0, 0.1) is 0 Å². The fraction of sp³-hybridized carbons (Fsp3) is 0.333. The van der Waals surface area contributed by atoms with Gasteiger partial charge in [0, 0.05) is 6.54 Å². The number of hydrogen-bond donors (Lipinski definition) is 2. The summed E-state index contributed by atoms with van der Waals surface area (Å²) >= 11 is 0. The van der Waals surface area contributed by atoms with Crippen molar-refractivity contribution in [3.05, 3.63) is 29.8 Å². The molecule has 0 fully saturated rings. The molecule has 0 aliphatic rings. The summed E-state index contributed by atoms with van der Waals surface area (Å²) in [6.07, 6.45) is -1.19. The zero-order chi connectivity index (χ0) is 13.5. The SMILES string of the molecule is COC(=O)C(CNC(=O)O)c1cccc(OC)c1. The second-order valence-corrected chi connectivity index (χ2v) is 3.54. The highest BCUT2D eigenvalue weighted by Crippen LogP contribution is 2.21. The highest BCUT2D eigenvalue weighted by atomic mass is 16.5. The van der Waals surface area contributed by atoms with E-state index in [0.29, 0.717) is 11.3 Å². The van der Waals surface area contributed by atoms with E-state index in [1.807, 2.05) is 0 Å². The van der Waals surface area contributed by atoms with Crippen LogP contribution >= 0.6 is 0 Å². The van der Waals surface area contributed by atoms with Crippen LogP contribution in [-0.4, -0.2) is 37.9 Å². The molecule has 1 unspecified atom stereocenters. The van der Waals surface area contributed by atoms with E-state index >= 15 is 0 Å². The Bertz CT molecular complexity index is 432. The van der Waals surface area contributed by atoms with Crippen molar-refractivity contribution in [1.29, 1.82) is 0 Å². The van der Waals surface area contributed by atoms with E-state index in [0.717, 1.165) is 0 Å². The molecule has 6 nitrogen and oxygen atoms in total. The number of rotatable bonds is 5. The maximum atomic E-state index is 11.6. The van der Waals surface area contributed by atoms with Gasteiger partial charge in [0.15, 0.2) is 0 Å². The fourth-order valence-corrected chi connectivity index (χ4v) is 1.53. The standard InChI is InChI=1S/C12H15NO5/c1-17-9-5-3-4-8(6-9)10(11(14)18-2)7-13-12(15)16/h3-6,10,13H,7H2,1-2H3,(H,15,16). The molecule has 1 atom stereocenters. The molecule has 0 bridgehead atoms. The Morgan fingerprint density at radius 2 is 2.11 bits per heavy atom. The lowest BCUT2D eigenvalue weighted by atomic mass is 9.99. The number of methoxy groups -OCH3 is 2. The van der Waals surface area contributed by atoms with Gasteiger partial charge in [0.2, 0.25) is 0 Å². The van der Waals surface area contributed by atoms with Crippen molar-refractivity contribution >= 4 is 12.1 Å². The normalized spacial score (nSPS) is 11.4. The van der Waals surface area contributed by atoms with Crippen LogP contribution in [0.3, 0.4) is 0 Å². The number of amides is 1. The van der Waals surface area contributed by atoms with Crippen LogP contribution in [0.1, 0.15) is 11.5 Å². The van der Waals surface area contributed by atoms with Crippen LogP contribution in [0.4, 0.5) is 4.79 Å². The van der Waals surface area contributed by atoms with Crippen LogP contribution in [-0.2, 0) is 9.53 Å². The zero-order valence-corrected chi connectivity index (χ0v) is 10.2. The summed E-state index contributed by atoms with van der Waals surface area (Å²) < 4.78 is 9.72. The van der Waals surface area contributed by atoms with Gasteiger partial charge in [-0.15, -0.1) is 0 Å². The van der Waals surface area contributed by atoms with E-state index in [2.05, 4.69) is 10.1 Å². The average molecular weight is 253 g/mol. The Morgan fingerprint density at radius 1 is 1.39 bits per heavy atom. The summed E-state index contributed by atoms with van der Waals surface area (Å²) in [6.45, 7) is -0.0465. The molecule has 0 aliphatic heterocycles. The molecule has 1 aromatic carbocycles. The molecule has 2 N–H and O–H groups in total. The van der Waals surface area contributed by atoms with E-state index in [9.17, 15) is 9.59 Å². The van der Waals surface area contributed by atoms with E-state index in [-0.39, 0.29) is 6.54 Å². The largest absolute Gasteiger partial charge is 0.497 e. The van der Waals surface area contributed by atoms with Crippen LogP contribution < -0.4 is 10.1 Å². The van der Waals surface area contributed by atoms with Gasteiger partial charge in [0.1, 0.15) is 5.75 Å². The van der Waals surface area contributed by atoms with E-state index in [4.69, 9.17) is 9.84 Å². The number of ether oxygens (including phenoxy) is 2. The first-order valence-electron chi connectivity index (χ1n) is 5.27. The molecule has 0 radical (unpaired) electrons. The van der Waals surface area contributed by atoms with Crippen molar-refractivity contribution in [2.45, 2.75) is 5.92 Å². The topological polar surface area (TPSA) is 84.9 Å². The number of esters is 1. The minimum Gasteiger partial charge on any atom is -0.497 e. The van der Waals surface area contributed by atoms with Gasteiger partial charge in [-0.3, -0.25) is 4.79 Å². The molecule has 1 amide bonds. The molecule has 0 aliphatic carbocycles. The first kappa shape index (κ1) is 13.8. The quantitative estimate of drug-likeness (QED) is 0.771. The van der Waals surface area contributed by atoms with Gasteiger partial charge >= 0.3 is 12.1 Å². The van der Waals surface area contributed by atoms with Crippen molar-refractivity contribution < 1.29 is 24.2 Å². The predicted molar refractivity (Wildman–Crippen MR) is 63.8 cm³/mol. The second kappa shape index (κ2) is 6.48. The van der Waals surface area contributed by atoms with Gasteiger partial charge in [-0.1, -0.05) is 12.1 Å². The number of carboxylic acid groups (broad SMARTS) is 1. The smallest absolute Gasteiger partial charge is 0.404 e. The minimum atomic E-state index is -1.19. The van der Waals surface area contributed by atoms with Crippen LogP contribution in [0.2, 0.25) is 0 Å². The third-order valence-electron chi connectivity index (χ3n) is 2.44. The first-order chi connectivity index (χ1) is 8.58. The van der Waals surface area contributed by atoms with E-state index in [1.165, 1.54) is 14.2 Å². The minimum absolute atomic E-state index is 0.0465. The van der Waals surface area contributed by atoms with Crippen LogP contribution in [0.5, 0.6) is 5.75 Å². The van der Waals surface area contributed by atoms with Gasteiger partial charge in [0.25, 0.3) is 0 Å². The van der Waals surface area contributed by atoms with Crippen molar-refractivity contribution in [3.63, 3.8) is 0 Å². The summed E-state index contributed by atoms with van der Waals surface area (Å²) in [5.74, 6) is -0.602. The average Bonchev–Trinajstić information content (AvgIpc) is 2.38. The van der Waals surface area contributed by atoms with Crippen molar-refractivity contribution in [1.82, 2.24) is 5.32 Å². The third kappa shape index (κ3) is 3.65. The maximum absolute atomic E-state index is 11.6. The lowest BCUT2D eigenvalue weighted by Gasteiger charge is -2.15. The lowest BCUT2D eigenvalue weighted by molar-refractivity contribution is -0.142. The molecule has 6 heteroatoms. The summed E-state index contributed by atoms with van der Waals surface area (Å²) in [6, 6.07) is 6.85. The molecule has 0 heterocycles. The Balaban J connectivity index is 2.93. The Hall–Kier alpha value is -2.24. The molecule has 0 aromatic heterocycles. The highest BCUT2D eigenvalue weighted by Gasteiger charge is 2.22. The van der Waals surface area contributed by atoms with Gasteiger partial charge in [-0.05, 0) is 17.7 Å². The van der Waals surface area contributed by atoms with Gasteiger partial charge in [0.05, 0.1) is 20.1 Å². The number of carbonyl (C=O) groups is 2. The Labute approximate surface area is 105 Å². The molecule has 18 heavy (non-hydrogen) atoms. The molecule has 0 saturated heterocycles. The summed E-state index contributed by atoms with van der Waals surface area (Å²) in [5.41, 5.74) is 0.634. The Morgan fingerprint density at radius 3 is 2.67 bits per heavy atom. The number of nitrogens with one attached hydrogen (secondary N) is 1. The van der Waals surface area contributed by atoms with Crippen LogP contribution in [0.15, 0.2) is 24.3 Å². The summed E-state index contributed by atoms with van der Waals surface area (Å²) in [7, 11) is 2.78. The number of benzene rings is 1. The van der Waals surface area contributed by atoms with Gasteiger partial charge in [-0.2, -0.15) is 0 Å². The molecule has 0 spiro atoms. The van der Waals surface area contributed by atoms with Gasteiger partial charge < -0.3 is 19.9 Å². The van der Waals surface area contributed by atoms with Crippen molar-refractivity contribution in [3.8, 4) is 5.75 Å². The first-order valence-corrected chi connectivity index (χ1v) is 5.27. The molecule has 1 aromatic rings. The molecular weight excluding hydrogens is 238 g/mol. The third-order valence-corrected chi connectivity index (χ3v) is 2.44. The zero-order valence-electron chi connectivity index (χ0n) is 10.2. The van der Waals surface area contributed by atoms with Crippen LogP contribution in [0.25, 0.3) is 0 Å². The lowest BCUT2D eigenvalue weighted by Crippen LogP contribution is -2.31. The maximum Gasteiger partial charge on any atom is 0.404 e.